The van der Waals surface area contributed by atoms with Crippen molar-refractivity contribution >= 4 is 47.2 Å². The van der Waals surface area contributed by atoms with Crippen molar-refractivity contribution in [2.45, 2.75) is 44.2 Å². The quantitative estimate of drug-likeness (QED) is 0.104. The molecular weight excluding hydrogens is 606 g/mol. The zero-order valence-electron chi connectivity index (χ0n) is 27.3. The summed E-state index contributed by atoms with van der Waals surface area (Å²) in [4.78, 5) is 26.7. The predicted molar refractivity (Wildman–Crippen MR) is 196 cm³/mol. The van der Waals surface area contributed by atoms with Crippen molar-refractivity contribution in [3.05, 3.63) is 161 Å². The third-order valence-electron chi connectivity index (χ3n) is 10.0. The molecule has 3 aliphatic rings. The van der Waals surface area contributed by atoms with Crippen LogP contribution in [0.2, 0.25) is 0 Å². The van der Waals surface area contributed by atoms with Crippen LogP contribution in [0.1, 0.15) is 59.9 Å². The minimum atomic E-state index is -0.153. The van der Waals surface area contributed by atoms with Crippen molar-refractivity contribution in [1.82, 2.24) is 5.43 Å². The molecule has 2 fully saturated rings. The monoisotopic (exact) mass is 643 g/mol. The van der Waals surface area contributed by atoms with E-state index in [1.807, 2.05) is 13.0 Å². The van der Waals surface area contributed by atoms with Crippen LogP contribution in [0.5, 0.6) is 5.75 Å². The number of anilines is 3. The number of hydrogen-bond acceptors (Lipinski definition) is 5. The summed E-state index contributed by atoms with van der Waals surface area (Å²) in [7, 11) is 0. The normalized spacial score (nSPS) is 20.3. The van der Waals surface area contributed by atoms with Crippen molar-refractivity contribution < 1.29 is 14.3 Å². The standard InChI is InChI=1S/C43H37N3O3/c1-29-38(43(48)46(44-29)35-20-22-36(23-21-35)49-28-47)26-31-17-24-42-40(27-31)37-13-8-14-41(37)45(42)34-18-15-30(16-19-34)25-39(32-9-4-2-5-10-32)33-11-6-3-7-12-33/h2-7,9-12,15-29,37,41,44H,8,13-14H2,1H3/b38-26-. The maximum absolute atomic E-state index is 13.5. The number of carbonyl (C=O) groups excluding carboxylic acids is 2. The summed E-state index contributed by atoms with van der Waals surface area (Å²) in [6, 6.07) is 43.9. The number of carbonyl (C=O) groups is 2. The molecule has 5 aromatic rings. The van der Waals surface area contributed by atoms with Crippen LogP contribution in [-0.2, 0) is 9.59 Å². The van der Waals surface area contributed by atoms with Gasteiger partial charge in [-0.1, -0.05) is 85.3 Å². The SMILES string of the molecule is CC1NN(c2ccc(OC=O)cc2)C(=O)/C1=C\c1ccc2c(c1)C1CCCC1N2c1ccc(C=C(c2ccccc2)c2ccccc2)cc1. The average Bonchev–Trinajstić information content (AvgIpc) is 3.82. The maximum atomic E-state index is 13.5. The molecule has 3 unspecified atom stereocenters. The first-order valence-electron chi connectivity index (χ1n) is 17.0. The number of amides is 1. The summed E-state index contributed by atoms with van der Waals surface area (Å²) in [5.74, 6) is 0.808. The minimum Gasteiger partial charge on any atom is -0.429 e. The van der Waals surface area contributed by atoms with Crippen LogP contribution in [0.3, 0.4) is 0 Å². The molecule has 2 heterocycles. The molecule has 3 atom stereocenters. The van der Waals surface area contributed by atoms with Gasteiger partial charge in [0, 0.05) is 28.9 Å². The Balaban J connectivity index is 1.07. The van der Waals surface area contributed by atoms with Gasteiger partial charge in [-0.2, -0.15) is 0 Å². The summed E-state index contributed by atoms with van der Waals surface area (Å²) in [5, 5.41) is 1.56. The second-order valence-electron chi connectivity index (χ2n) is 13.0. The topological polar surface area (TPSA) is 61.9 Å². The van der Waals surface area contributed by atoms with Gasteiger partial charge < -0.3 is 9.64 Å². The first-order valence-corrected chi connectivity index (χ1v) is 17.0. The number of benzene rings is 5. The van der Waals surface area contributed by atoms with Gasteiger partial charge in [0.2, 0.25) is 0 Å². The Morgan fingerprint density at radius 1 is 0.776 bits per heavy atom. The third kappa shape index (κ3) is 5.85. The summed E-state index contributed by atoms with van der Waals surface area (Å²) in [5.41, 5.74) is 14.3. The lowest BCUT2D eigenvalue weighted by atomic mass is 9.95. The molecule has 6 nitrogen and oxygen atoms in total. The zero-order chi connectivity index (χ0) is 33.3. The molecule has 1 N–H and O–H groups in total. The van der Waals surface area contributed by atoms with E-state index in [0.717, 1.165) is 12.0 Å². The van der Waals surface area contributed by atoms with E-state index >= 15 is 0 Å². The van der Waals surface area contributed by atoms with Crippen molar-refractivity contribution in [1.29, 1.82) is 0 Å². The van der Waals surface area contributed by atoms with Crippen molar-refractivity contribution in [2.24, 2.45) is 0 Å². The smallest absolute Gasteiger partial charge is 0.298 e. The van der Waals surface area contributed by atoms with E-state index in [-0.39, 0.29) is 11.9 Å². The van der Waals surface area contributed by atoms with Crippen LogP contribution in [0.15, 0.2) is 133 Å². The van der Waals surface area contributed by atoms with Gasteiger partial charge >= 0.3 is 0 Å². The average molecular weight is 644 g/mol. The van der Waals surface area contributed by atoms with E-state index in [2.05, 4.69) is 120 Å². The van der Waals surface area contributed by atoms with Crippen LogP contribution < -0.4 is 20.1 Å². The predicted octanol–water partition coefficient (Wildman–Crippen LogP) is 8.92. The Hall–Kier alpha value is -5.72. The second-order valence-corrected chi connectivity index (χ2v) is 13.0. The van der Waals surface area contributed by atoms with Crippen LogP contribution in [0.25, 0.3) is 17.7 Å². The van der Waals surface area contributed by atoms with Crippen LogP contribution in [0.4, 0.5) is 17.1 Å². The summed E-state index contributed by atoms with van der Waals surface area (Å²) < 4.78 is 4.90. The van der Waals surface area contributed by atoms with Gasteiger partial charge in [0.15, 0.2) is 0 Å². The number of hydrazine groups is 1. The zero-order valence-corrected chi connectivity index (χ0v) is 27.3. The highest BCUT2D eigenvalue weighted by Gasteiger charge is 2.42. The lowest BCUT2D eigenvalue weighted by Crippen LogP contribution is -2.36. The van der Waals surface area contributed by atoms with E-state index in [9.17, 15) is 9.59 Å². The number of rotatable bonds is 8. The largest absolute Gasteiger partial charge is 0.429 e. The molecule has 0 aromatic heterocycles. The van der Waals surface area contributed by atoms with Gasteiger partial charge in [0.25, 0.3) is 12.4 Å². The Bertz CT molecular complexity index is 2010. The van der Waals surface area contributed by atoms with Crippen LogP contribution in [0, 0.1) is 0 Å². The lowest BCUT2D eigenvalue weighted by Gasteiger charge is -2.27. The highest BCUT2D eigenvalue weighted by atomic mass is 16.5. The van der Waals surface area contributed by atoms with E-state index in [1.165, 1.54) is 52.0 Å². The molecule has 1 aliphatic carbocycles. The number of nitrogens with one attached hydrogen (secondary N) is 1. The molecule has 8 rings (SSSR count). The Morgan fingerprint density at radius 3 is 2.10 bits per heavy atom. The Morgan fingerprint density at radius 2 is 1.43 bits per heavy atom. The molecule has 1 saturated carbocycles. The summed E-state index contributed by atoms with van der Waals surface area (Å²) in [6.07, 6.45) is 7.84. The van der Waals surface area contributed by atoms with E-state index in [4.69, 9.17) is 4.74 Å². The fraction of sp³-hybridized carbons (Fsp3) is 0.163. The van der Waals surface area contributed by atoms with E-state index in [0.29, 0.717) is 35.4 Å². The first kappa shape index (κ1) is 30.6. The summed E-state index contributed by atoms with van der Waals surface area (Å²) in [6.45, 7) is 2.39. The molecule has 0 radical (unpaired) electrons. The van der Waals surface area contributed by atoms with Crippen molar-refractivity contribution in [3.8, 4) is 5.75 Å². The summed E-state index contributed by atoms with van der Waals surface area (Å²) >= 11 is 0. The van der Waals surface area contributed by atoms with Crippen molar-refractivity contribution in [3.63, 3.8) is 0 Å². The maximum Gasteiger partial charge on any atom is 0.298 e. The molecule has 5 aromatic carbocycles. The number of hydrogen-bond donors (Lipinski definition) is 1. The molecule has 0 spiro atoms. The fourth-order valence-electron chi connectivity index (χ4n) is 7.69. The van der Waals surface area contributed by atoms with E-state index in [1.54, 1.807) is 29.3 Å². The number of fused-ring (bicyclic) bond motifs is 3. The van der Waals surface area contributed by atoms with Gasteiger partial charge in [0.1, 0.15) is 5.75 Å². The number of ether oxygens (including phenoxy) is 1. The van der Waals surface area contributed by atoms with Crippen LogP contribution >= 0.6 is 0 Å². The highest BCUT2D eigenvalue weighted by Crippen LogP contribution is 2.52. The van der Waals surface area contributed by atoms with Gasteiger partial charge in [-0.25, -0.2) is 10.4 Å². The second kappa shape index (κ2) is 13.1. The Labute approximate surface area is 286 Å². The third-order valence-corrected chi connectivity index (χ3v) is 10.0. The molecule has 6 heteroatoms. The lowest BCUT2D eigenvalue weighted by molar-refractivity contribution is -0.120. The van der Waals surface area contributed by atoms with Gasteiger partial charge in [0.05, 0.1) is 11.7 Å². The van der Waals surface area contributed by atoms with Gasteiger partial charge in [-0.3, -0.25) is 9.59 Å². The first-order chi connectivity index (χ1) is 24.1. The minimum absolute atomic E-state index is 0.0887. The molecule has 1 saturated heterocycles. The highest BCUT2D eigenvalue weighted by molar-refractivity contribution is 6.11. The van der Waals surface area contributed by atoms with Crippen molar-refractivity contribution in [2.75, 3.05) is 9.91 Å². The van der Waals surface area contributed by atoms with Gasteiger partial charge in [-0.05, 0) is 114 Å². The molecule has 49 heavy (non-hydrogen) atoms. The molecule has 242 valence electrons. The van der Waals surface area contributed by atoms with Gasteiger partial charge in [-0.15, -0.1) is 0 Å². The number of nitrogens with zero attached hydrogens (tertiary/aromatic N) is 2. The van der Waals surface area contributed by atoms with E-state index < -0.39 is 0 Å². The van der Waals surface area contributed by atoms with Crippen LogP contribution in [-0.4, -0.2) is 24.5 Å². The Kier molecular flexibility index (Phi) is 8.16. The molecular formula is C43H37N3O3. The molecule has 1 amide bonds. The molecule has 0 bridgehead atoms. The fourth-order valence-corrected chi connectivity index (χ4v) is 7.69. The molecule has 2 aliphatic heterocycles.